The number of rotatable bonds is 6. The molecule has 2 rings (SSSR count). The Balaban J connectivity index is 2.36. The molecule has 5 nitrogen and oxygen atoms in total. The minimum Gasteiger partial charge on any atom is -0.446 e. The molecule has 0 bridgehead atoms. The molecule has 0 saturated heterocycles. The van der Waals surface area contributed by atoms with Gasteiger partial charge in [-0.15, -0.1) is 0 Å². The van der Waals surface area contributed by atoms with Crippen LogP contribution in [0.3, 0.4) is 0 Å². The number of nitrogens with one attached hydrogen (secondary N) is 1. The summed E-state index contributed by atoms with van der Waals surface area (Å²) < 4.78 is 44.7. The summed E-state index contributed by atoms with van der Waals surface area (Å²) >= 11 is 0. The lowest BCUT2D eigenvalue weighted by Gasteiger charge is -2.21. The van der Waals surface area contributed by atoms with Crippen LogP contribution in [0, 0.1) is 5.82 Å². The van der Waals surface area contributed by atoms with Crippen molar-refractivity contribution < 1.29 is 17.2 Å². The van der Waals surface area contributed by atoms with Crippen LogP contribution in [-0.2, 0) is 16.6 Å². The SMILES string of the molecule is CCN(c1ccc(F)cc1)S(=O)(=O)c1ccc(CNC)o1. The Kier molecular flexibility index (Phi) is 4.64. The molecule has 0 unspecified atom stereocenters. The quantitative estimate of drug-likeness (QED) is 0.889. The molecule has 21 heavy (non-hydrogen) atoms. The van der Waals surface area contributed by atoms with Gasteiger partial charge in [-0.3, -0.25) is 4.31 Å². The Labute approximate surface area is 123 Å². The van der Waals surface area contributed by atoms with Crippen molar-refractivity contribution in [1.82, 2.24) is 5.32 Å². The Morgan fingerprint density at radius 3 is 2.43 bits per heavy atom. The van der Waals surface area contributed by atoms with Crippen LogP contribution in [0.4, 0.5) is 10.1 Å². The summed E-state index contributed by atoms with van der Waals surface area (Å²) in [6.45, 7) is 2.37. The largest absolute Gasteiger partial charge is 0.446 e. The first kappa shape index (κ1) is 15.5. The Hall–Kier alpha value is -1.86. The van der Waals surface area contributed by atoms with Crippen molar-refractivity contribution in [3.05, 3.63) is 48.0 Å². The Morgan fingerprint density at radius 2 is 1.86 bits per heavy atom. The number of sulfonamides is 1. The van der Waals surface area contributed by atoms with Gasteiger partial charge in [0.1, 0.15) is 11.6 Å². The fourth-order valence-electron chi connectivity index (χ4n) is 1.97. The molecule has 0 fully saturated rings. The molecule has 0 aliphatic rings. The second kappa shape index (κ2) is 6.28. The first-order valence-electron chi connectivity index (χ1n) is 6.50. The average molecular weight is 312 g/mol. The first-order chi connectivity index (χ1) is 9.98. The van der Waals surface area contributed by atoms with Crippen molar-refractivity contribution in [1.29, 1.82) is 0 Å². The van der Waals surface area contributed by atoms with Crippen molar-refractivity contribution in [2.24, 2.45) is 0 Å². The van der Waals surface area contributed by atoms with E-state index < -0.39 is 15.8 Å². The lowest BCUT2D eigenvalue weighted by atomic mass is 10.3. The maximum Gasteiger partial charge on any atom is 0.297 e. The molecule has 114 valence electrons. The second-order valence-corrected chi connectivity index (χ2v) is 6.19. The van der Waals surface area contributed by atoms with E-state index in [2.05, 4.69) is 5.32 Å². The van der Waals surface area contributed by atoms with Gasteiger partial charge in [0.05, 0.1) is 12.2 Å². The molecule has 0 spiro atoms. The van der Waals surface area contributed by atoms with Gasteiger partial charge in [0.15, 0.2) is 0 Å². The number of benzene rings is 1. The fourth-order valence-corrected chi connectivity index (χ4v) is 3.38. The van der Waals surface area contributed by atoms with Gasteiger partial charge < -0.3 is 9.73 Å². The summed E-state index contributed by atoms with van der Waals surface area (Å²) in [5, 5.41) is 2.76. The van der Waals surface area contributed by atoms with E-state index in [4.69, 9.17) is 4.42 Å². The van der Waals surface area contributed by atoms with Crippen LogP contribution in [0.1, 0.15) is 12.7 Å². The molecule has 1 N–H and O–H groups in total. The minimum atomic E-state index is -3.80. The predicted octanol–water partition coefficient (Wildman–Crippen LogP) is 2.35. The number of nitrogens with zero attached hydrogens (tertiary/aromatic N) is 1. The molecule has 0 atom stereocenters. The molecular weight excluding hydrogens is 295 g/mol. The number of halogens is 1. The number of hydrogen-bond acceptors (Lipinski definition) is 4. The summed E-state index contributed by atoms with van der Waals surface area (Å²) in [6.07, 6.45) is 0. The highest BCUT2D eigenvalue weighted by molar-refractivity contribution is 7.92. The highest BCUT2D eigenvalue weighted by Gasteiger charge is 2.27. The first-order valence-corrected chi connectivity index (χ1v) is 7.94. The van der Waals surface area contributed by atoms with E-state index in [-0.39, 0.29) is 11.6 Å². The zero-order chi connectivity index (χ0) is 15.5. The van der Waals surface area contributed by atoms with Gasteiger partial charge in [0, 0.05) is 6.54 Å². The van der Waals surface area contributed by atoms with E-state index in [1.807, 2.05) is 0 Å². The lowest BCUT2D eigenvalue weighted by Crippen LogP contribution is -2.30. The molecule has 1 heterocycles. The second-order valence-electron chi connectivity index (χ2n) is 4.40. The van der Waals surface area contributed by atoms with Crippen LogP contribution < -0.4 is 9.62 Å². The van der Waals surface area contributed by atoms with Crippen molar-refractivity contribution in [2.75, 3.05) is 17.9 Å². The summed E-state index contributed by atoms with van der Waals surface area (Å²) in [4.78, 5) is 0. The number of hydrogen-bond donors (Lipinski definition) is 1. The molecule has 2 aromatic rings. The number of anilines is 1. The molecule has 0 saturated carbocycles. The molecular formula is C14H17FN2O3S. The third-order valence-electron chi connectivity index (χ3n) is 2.93. The van der Waals surface area contributed by atoms with Gasteiger partial charge in [0.2, 0.25) is 5.09 Å². The summed E-state index contributed by atoms with van der Waals surface area (Å²) in [5.41, 5.74) is 0.394. The van der Waals surface area contributed by atoms with Gasteiger partial charge in [-0.1, -0.05) is 0 Å². The van der Waals surface area contributed by atoms with E-state index in [1.165, 1.54) is 34.6 Å². The molecule has 1 aromatic carbocycles. The maximum atomic E-state index is 13.0. The molecule has 0 radical (unpaired) electrons. The van der Waals surface area contributed by atoms with Gasteiger partial charge in [-0.2, -0.15) is 8.42 Å². The van der Waals surface area contributed by atoms with E-state index in [0.717, 1.165) is 0 Å². The summed E-state index contributed by atoms with van der Waals surface area (Å²) in [6, 6.07) is 8.34. The van der Waals surface area contributed by atoms with Gasteiger partial charge in [0.25, 0.3) is 10.0 Å². The van der Waals surface area contributed by atoms with Crippen LogP contribution in [0.25, 0.3) is 0 Å². The van der Waals surface area contributed by atoms with E-state index in [0.29, 0.717) is 18.0 Å². The van der Waals surface area contributed by atoms with Crippen molar-refractivity contribution >= 4 is 15.7 Å². The van der Waals surface area contributed by atoms with Gasteiger partial charge >= 0.3 is 0 Å². The zero-order valence-electron chi connectivity index (χ0n) is 11.8. The molecule has 0 aliphatic heterocycles. The minimum absolute atomic E-state index is 0.126. The monoisotopic (exact) mass is 312 g/mol. The highest BCUT2D eigenvalue weighted by atomic mass is 32.2. The number of furan rings is 1. The maximum absolute atomic E-state index is 13.0. The standard InChI is InChI=1S/C14H17FN2O3S/c1-3-17(12-6-4-11(15)5-7-12)21(18,19)14-9-8-13(20-14)10-16-2/h4-9,16H,3,10H2,1-2H3. The van der Waals surface area contributed by atoms with E-state index in [1.54, 1.807) is 20.0 Å². The van der Waals surface area contributed by atoms with Crippen LogP contribution in [-0.4, -0.2) is 22.0 Å². The van der Waals surface area contributed by atoms with Crippen molar-refractivity contribution in [3.63, 3.8) is 0 Å². The molecule has 7 heteroatoms. The normalized spacial score (nSPS) is 11.6. The van der Waals surface area contributed by atoms with Crippen molar-refractivity contribution in [2.45, 2.75) is 18.6 Å². The molecule has 0 amide bonds. The highest BCUT2D eigenvalue weighted by Crippen LogP contribution is 2.25. The van der Waals surface area contributed by atoms with E-state index >= 15 is 0 Å². The third-order valence-corrected chi connectivity index (χ3v) is 4.71. The van der Waals surface area contributed by atoms with Crippen LogP contribution in [0.2, 0.25) is 0 Å². The Morgan fingerprint density at radius 1 is 1.19 bits per heavy atom. The fraction of sp³-hybridized carbons (Fsp3) is 0.286. The third kappa shape index (κ3) is 3.25. The summed E-state index contributed by atoms with van der Waals surface area (Å²) in [7, 11) is -2.05. The zero-order valence-corrected chi connectivity index (χ0v) is 12.7. The average Bonchev–Trinajstić information content (AvgIpc) is 2.91. The molecule has 0 aliphatic carbocycles. The van der Waals surface area contributed by atoms with Gasteiger partial charge in [-0.05, 0) is 50.4 Å². The van der Waals surface area contributed by atoms with Crippen LogP contribution in [0.5, 0.6) is 0 Å². The van der Waals surface area contributed by atoms with Crippen LogP contribution >= 0.6 is 0 Å². The van der Waals surface area contributed by atoms with Crippen molar-refractivity contribution in [3.8, 4) is 0 Å². The van der Waals surface area contributed by atoms with E-state index in [9.17, 15) is 12.8 Å². The molecule has 1 aromatic heterocycles. The lowest BCUT2D eigenvalue weighted by molar-refractivity contribution is 0.406. The smallest absolute Gasteiger partial charge is 0.297 e. The van der Waals surface area contributed by atoms with Gasteiger partial charge in [-0.25, -0.2) is 4.39 Å². The topological polar surface area (TPSA) is 62.6 Å². The Bertz CT molecular complexity index is 695. The summed E-state index contributed by atoms with van der Waals surface area (Å²) in [5.74, 6) is 0.118. The van der Waals surface area contributed by atoms with Crippen LogP contribution in [0.15, 0.2) is 45.9 Å². The predicted molar refractivity (Wildman–Crippen MR) is 78.1 cm³/mol.